The number of hydrogen-bond donors (Lipinski definition) is 0. The third kappa shape index (κ3) is 2.01. The molecule has 3 rings (SSSR count). The van der Waals surface area contributed by atoms with Crippen LogP contribution >= 0.6 is 23.5 Å². The first-order valence-electron chi connectivity index (χ1n) is 6.17. The fourth-order valence-corrected chi connectivity index (χ4v) is 3.48. The quantitative estimate of drug-likeness (QED) is 0.808. The summed E-state index contributed by atoms with van der Waals surface area (Å²) in [6, 6.07) is 0. The molecule has 0 unspecified atom stereocenters. The van der Waals surface area contributed by atoms with E-state index in [-0.39, 0.29) is 0 Å². The predicted molar refractivity (Wildman–Crippen MR) is 75.6 cm³/mol. The second-order valence-corrected chi connectivity index (χ2v) is 6.08. The Morgan fingerprint density at radius 2 is 2.00 bits per heavy atom. The van der Waals surface area contributed by atoms with Crippen LogP contribution in [0.25, 0.3) is 5.65 Å². The lowest BCUT2D eigenvalue weighted by molar-refractivity contribution is 0.641. The Balaban J connectivity index is 2.15. The Hall–Kier alpha value is -0.750. The van der Waals surface area contributed by atoms with Crippen molar-refractivity contribution in [2.75, 3.05) is 12.5 Å². The number of thioether (sulfide) groups is 2. The first-order valence-corrected chi connectivity index (χ1v) is 8.62. The SMILES string of the molecule is CSc1nc(SC)c2ncc(C3CCCC3)n2n1. The van der Waals surface area contributed by atoms with Crippen molar-refractivity contribution in [3.8, 4) is 0 Å². The Kier molecular flexibility index (Phi) is 3.48. The molecule has 4 nitrogen and oxygen atoms in total. The van der Waals surface area contributed by atoms with Crippen LogP contribution in [-0.4, -0.2) is 32.1 Å². The van der Waals surface area contributed by atoms with E-state index in [0.717, 1.165) is 15.8 Å². The molecular formula is C12H16N4S2. The highest BCUT2D eigenvalue weighted by Crippen LogP contribution is 2.35. The van der Waals surface area contributed by atoms with Gasteiger partial charge in [-0.1, -0.05) is 24.6 Å². The van der Waals surface area contributed by atoms with Crippen molar-refractivity contribution < 1.29 is 0 Å². The zero-order chi connectivity index (χ0) is 12.5. The third-order valence-corrected chi connectivity index (χ3v) is 4.69. The number of hydrogen-bond acceptors (Lipinski definition) is 5. The van der Waals surface area contributed by atoms with Crippen LogP contribution in [0.5, 0.6) is 0 Å². The minimum absolute atomic E-state index is 0.624. The molecule has 0 radical (unpaired) electrons. The van der Waals surface area contributed by atoms with Gasteiger partial charge in [0.2, 0.25) is 5.16 Å². The molecule has 2 aromatic heterocycles. The van der Waals surface area contributed by atoms with E-state index >= 15 is 0 Å². The highest BCUT2D eigenvalue weighted by molar-refractivity contribution is 7.99. The number of aromatic nitrogens is 4. The van der Waals surface area contributed by atoms with Crippen LogP contribution in [0.4, 0.5) is 0 Å². The van der Waals surface area contributed by atoms with Gasteiger partial charge in [-0.2, -0.15) is 0 Å². The van der Waals surface area contributed by atoms with Crippen molar-refractivity contribution >= 4 is 29.2 Å². The molecule has 1 fully saturated rings. The normalized spacial score (nSPS) is 16.8. The largest absolute Gasteiger partial charge is 0.233 e. The lowest BCUT2D eigenvalue weighted by atomic mass is 10.1. The van der Waals surface area contributed by atoms with Gasteiger partial charge in [-0.05, 0) is 25.4 Å². The second kappa shape index (κ2) is 5.09. The van der Waals surface area contributed by atoms with E-state index in [1.807, 2.05) is 23.2 Å². The van der Waals surface area contributed by atoms with Crippen LogP contribution in [0, 0.1) is 0 Å². The smallest absolute Gasteiger partial charge is 0.208 e. The van der Waals surface area contributed by atoms with Gasteiger partial charge >= 0.3 is 0 Å². The summed E-state index contributed by atoms with van der Waals surface area (Å²) in [5, 5.41) is 6.39. The van der Waals surface area contributed by atoms with Gasteiger partial charge < -0.3 is 0 Å². The molecule has 0 aliphatic heterocycles. The minimum Gasteiger partial charge on any atom is -0.233 e. The summed E-state index contributed by atoms with van der Waals surface area (Å²) in [5.74, 6) is 0.624. The lowest BCUT2D eigenvalue weighted by Crippen LogP contribution is -2.05. The van der Waals surface area contributed by atoms with Crippen molar-refractivity contribution in [3.63, 3.8) is 0 Å². The molecule has 18 heavy (non-hydrogen) atoms. The number of imidazole rings is 1. The van der Waals surface area contributed by atoms with E-state index in [1.165, 1.54) is 31.4 Å². The molecule has 1 aliphatic carbocycles. The predicted octanol–water partition coefficient (Wildman–Crippen LogP) is 3.23. The Morgan fingerprint density at radius 3 is 2.67 bits per heavy atom. The molecule has 0 amide bonds. The van der Waals surface area contributed by atoms with Gasteiger partial charge in [0, 0.05) is 5.92 Å². The van der Waals surface area contributed by atoms with Crippen LogP contribution in [0.3, 0.4) is 0 Å². The molecule has 2 aromatic rings. The summed E-state index contributed by atoms with van der Waals surface area (Å²) in [5.41, 5.74) is 2.16. The van der Waals surface area contributed by atoms with Crippen LogP contribution in [0.15, 0.2) is 16.4 Å². The molecule has 0 saturated heterocycles. The van der Waals surface area contributed by atoms with Crippen LogP contribution < -0.4 is 0 Å². The first-order chi connectivity index (χ1) is 8.83. The second-order valence-electron chi connectivity index (χ2n) is 4.51. The molecule has 1 aliphatic rings. The molecule has 0 N–H and O–H groups in total. The summed E-state index contributed by atoms with van der Waals surface area (Å²) in [6.07, 6.45) is 11.2. The summed E-state index contributed by atoms with van der Waals surface area (Å²) in [4.78, 5) is 9.03. The van der Waals surface area contributed by atoms with Crippen LogP contribution in [0.1, 0.15) is 37.3 Å². The number of nitrogens with zero attached hydrogens (tertiary/aromatic N) is 4. The van der Waals surface area contributed by atoms with E-state index in [1.54, 1.807) is 23.5 Å². The van der Waals surface area contributed by atoms with E-state index < -0.39 is 0 Å². The van der Waals surface area contributed by atoms with Gasteiger partial charge in [0.25, 0.3) is 0 Å². The van der Waals surface area contributed by atoms with Gasteiger partial charge in [0.05, 0.1) is 11.9 Å². The third-order valence-electron chi connectivity index (χ3n) is 3.49. The molecule has 0 atom stereocenters. The van der Waals surface area contributed by atoms with E-state index in [2.05, 4.69) is 15.1 Å². The van der Waals surface area contributed by atoms with Crippen LogP contribution in [-0.2, 0) is 0 Å². The highest BCUT2D eigenvalue weighted by Gasteiger charge is 2.22. The molecule has 0 bridgehead atoms. The molecule has 0 spiro atoms. The number of fused-ring (bicyclic) bond motifs is 1. The fourth-order valence-electron chi connectivity index (χ4n) is 2.58. The zero-order valence-corrected chi connectivity index (χ0v) is 12.2. The van der Waals surface area contributed by atoms with Crippen molar-refractivity contribution in [2.24, 2.45) is 0 Å². The van der Waals surface area contributed by atoms with E-state index in [0.29, 0.717) is 5.92 Å². The van der Waals surface area contributed by atoms with Gasteiger partial charge in [-0.3, -0.25) is 0 Å². The molecule has 2 heterocycles. The fraction of sp³-hybridized carbons (Fsp3) is 0.583. The van der Waals surface area contributed by atoms with E-state index in [9.17, 15) is 0 Å². The monoisotopic (exact) mass is 280 g/mol. The average molecular weight is 280 g/mol. The topological polar surface area (TPSA) is 43.1 Å². The van der Waals surface area contributed by atoms with Gasteiger partial charge in [0.15, 0.2) is 5.65 Å². The summed E-state index contributed by atoms with van der Waals surface area (Å²) in [7, 11) is 0. The van der Waals surface area contributed by atoms with E-state index in [4.69, 9.17) is 0 Å². The van der Waals surface area contributed by atoms with Gasteiger partial charge in [-0.15, -0.1) is 16.9 Å². The Labute approximate surface area is 115 Å². The summed E-state index contributed by atoms with van der Waals surface area (Å²) < 4.78 is 2.01. The minimum atomic E-state index is 0.624. The highest BCUT2D eigenvalue weighted by atomic mass is 32.2. The van der Waals surface area contributed by atoms with Gasteiger partial charge in [0.1, 0.15) is 5.03 Å². The van der Waals surface area contributed by atoms with Crippen molar-refractivity contribution in [1.82, 2.24) is 19.6 Å². The van der Waals surface area contributed by atoms with Crippen molar-refractivity contribution in [1.29, 1.82) is 0 Å². The standard InChI is InChI=1S/C12H16N4S2/c1-17-11-10-13-7-9(8-5-3-4-6-8)16(10)15-12(14-11)18-2/h7-8H,3-6H2,1-2H3. The maximum Gasteiger partial charge on any atom is 0.208 e. The average Bonchev–Trinajstić information content (AvgIpc) is 3.05. The maximum absolute atomic E-state index is 4.60. The molecular weight excluding hydrogens is 264 g/mol. The zero-order valence-electron chi connectivity index (χ0n) is 10.6. The van der Waals surface area contributed by atoms with Crippen LogP contribution in [0.2, 0.25) is 0 Å². The molecule has 1 saturated carbocycles. The first kappa shape index (κ1) is 12.3. The molecule has 96 valence electrons. The Morgan fingerprint density at radius 1 is 1.22 bits per heavy atom. The van der Waals surface area contributed by atoms with Crippen molar-refractivity contribution in [3.05, 3.63) is 11.9 Å². The number of rotatable bonds is 3. The Bertz CT molecular complexity index is 560. The lowest BCUT2D eigenvalue weighted by Gasteiger charge is -2.09. The summed E-state index contributed by atoms with van der Waals surface area (Å²) in [6.45, 7) is 0. The maximum atomic E-state index is 4.60. The molecule has 6 heteroatoms. The molecule has 0 aromatic carbocycles. The summed E-state index contributed by atoms with van der Waals surface area (Å²) >= 11 is 3.22. The van der Waals surface area contributed by atoms with Crippen molar-refractivity contribution in [2.45, 2.75) is 41.8 Å². The van der Waals surface area contributed by atoms with Gasteiger partial charge in [-0.25, -0.2) is 14.5 Å².